The van der Waals surface area contributed by atoms with Crippen LogP contribution in [0.15, 0.2) is 133 Å². The molecule has 0 unspecified atom stereocenters. The molecule has 0 spiro atoms. The molecule has 7 rings (SSSR count). The number of hydrogen-bond acceptors (Lipinski definition) is 3. The van der Waals surface area contributed by atoms with E-state index in [0.717, 1.165) is 27.7 Å². The van der Waals surface area contributed by atoms with Gasteiger partial charge in [-0.2, -0.15) is 9.97 Å². The van der Waals surface area contributed by atoms with Gasteiger partial charge >= 0.3 is 0 Å². The van der Waals surface area contributed by atoms with Gasteiger partial charge in [-0.1, -0.05) is 121 Å². The molecular weight excluding hydrogens is 452 g/mol. The maximum Gasteiger partial charge on any atom is 0.238 e. The van der Waals surface area contributed by atoms with E-state index >= 15 is 0 Å². The summed E-state index contributed by atoms with van der Waals surface area (Å²) >= 11 is 0. The molecule has 0 radical (unpaired) electrons. The summed E-state index contributed by atoms with van der Waals surface area (Å²) in [6.07, 6.45) is 0. The second-order valence-corrected chi connectivity index (χ2v) is 8.96. The van der Waals surface area contributed by atoms with Crippen LogP contribution in [0.4, 0.5) is 0 Å². The van der Waals surface area contributed by atoms with Crippen molar-refractivity contribution in [1.82, 2.24) is 19.5 Å². The molecule has 0 saturated carbocycles. The first-order valence-electron chi connectivity index (χ1n) is 12.3. The second-order valence-electron chi connectivity index (χ2n) is 8.96. The highest BCUT2D eigenvalue weighted by molar-refractivity contribution is 6.08. The smallest absolute Gasteiger partial charge is 0.238 e. The van der Waals surface area contributed by atoms with E-state index in [1.165, 1.54) is 16.3 Å². The van der Waals surface area contributed by atoms with E-state index in [4.69, 9.17) is 15.0 Å². The van der Waals surface area contributed by atoms with Crippen LogP contribution < -0.4 is 0 Å². The normalized spacial score (nSPS) is 11.2. The van der Waals surface area contributed by atoms with Gasteiger partial charge in [-0.3, -0.25) is 4.57 Å². The van der Waals surface area contributed by atoms with E-state index in [2.05, 4.69) is 102 Å². The molecule has 37 heavy (non-hydrogen) atoms. The summed E-state index contributed by atoms with van der Waals surface area (Å²) in [5.41, 5.74) is 6.37. The van der Waals surface area contributed by atoms with Crippen molar-refractivity contribution in [3.8, 4) is 39.9 Å². The molecule has 4 heteroatoms. The van der Waals surface area contributed by atoms with Crippen LogP contribution in [0.5, 0.6) is 0 Å². The summed E-state index contributed by atoms with van der Waals surface area (Å²) in [6.45, 7) is 0. The van der Waals surface area contributed by atoms with Crippen molar-refractivity contribution in [1.29, 1.82) is 0 Å². The van der Waals surface area contributed by atoms with E-state index in [0.29, 0.717) is 17.6 Å². The van der Waals surface area contributed by atoms with Crippen LogP contribution in [0.3, 0.4) is 0 Å². The number of para-hydroxylation sites is 2. The monoisotopic (exact) mass is 474 g/mol. The Morgan fingerprint density at radius 3 is 1.32 bits per heavy atom. The first-order valence-corrected chi connectivity index (χ1v) is 12.3. The van der Waals surface area contributed by atoms with Gasteiger partial charge in [0.05, 0.1) is 11.0 Å². The van der Waals surface area contributed by atoms with Gasteiger partial charge in [-0.15, -0.1) is 0 Å². The molecule has 7 aromatic rings. The second kappa shape index (κ2) is 8.85. The van der Waals surface area contributed by atoms with E-state index < -0.39 is 0 Å². The van der Waals surface area contributed by atoms with Gasteiger partial charge in [-0.25, -0.2) is 4.98 Å². The Balaban J connectivity index is 1.45. The predicted molar refractivity (Wildman–Crippen MR) is 150 cm³/mol. The van der Waals surface area contributed by atoms with Crippen molar-refractivity contribution in [2.45, 2.75) is 0 Å². The zero-order chi connectivity index (χ0) is 24.6. The summed E-state index contributed by atoms with van der Waals surface area (Å²) in [5, 5.41) is 2.35. The standard InChI is InChI=1S/C33H22N4/c1-3-11-23(12-4-1)24-19-21-26(22-20-24)32-34-31(25-13-5-2-6-14-25)35-33(36-32)37-29-17-9-7-15-27(29)28-16-8-10-18-30(28)37/h1-22H. The lowest BCUT2D eigenvalue weighted by Gasteiger charge is -2.11. The minimum atomic E-state index is 0.605. The van der Waals surface area contributed by atoms with Gasteiger partial charge in [0.2, 0.25) is 5.95 Å². The largest absolute Gasteiger partial charge is 0.278 e. The van der Waals surface area contributed by atoms with Crippen LogP contribution in [0.1, 0.15) is 0 Å². The van der Waals surface area contributed by atoms with Crippen LogP contribution in [-0.4, -0.2) is 19.5 Å². The molecule has 4 nitrogen and oxygen atoms in total. The molecule has 5 aromatic carbocycles. The molecule has 0 fully saturated rings. The highest BCUT2D eigenvalue weighted by atomic mass is 15.2. The van der Waals surface area contributed by atoms with Crippen molar-refractivity contribution in [2.24, 2.45) is 0 Å². The Labute approximate surface area is 214 Å². The number of fused-ring (bicyclic) bond motifs is 3. The Bertz CT molecular complexity index is 1800. The number of aromatic nitrogens is 4. The number of rotatable bonds is 4. The summed E-state index contributed by atoms with van der Waals surface area (Å²) in [6, 6.07) is 45.7. The maximum atomic E-state index is 5.02. The van der Waals surface area contributed by atoms with Gasteiger partial charge in [0.25, 0.3) is 0 Å². The lowest BCUT2D eigenvalue weighted by molar-refractivity contribution is 0.953. The molecular formula is C33H22N4. The average molecular weight is 475 g/mol. The van der Waals surface area contributed by atoms with Gasteiger partial charge in [0.15, 0.2) is 11.6 Å². The molecule has 0 atom stereocenters. The zero-order valence-corrected chi connectivity index (χ0v) is 20.0. The molecule has 0 aliphatic carbocycles. The number of benzene rings is 5. The quantitative estimate of drug-likeness (QED) is 0.260. The first-order chi connectivity index (χ1) is 18.3. The van der Waals surface area contributed by atoms with Crippen LogP contribution in [0.2, 0.25) is 0 Å². The zero-order valence-electron chi connectivity index (χ0n) is 20.0. The van der Waals surface area contributed by atoms with Crippen molar-refractivity contribution in [3.05, 3.63) is 133 Å². The maximum absolute atomic E-state index is 5.02. The molecule has 0 bridgehead atoms. The number of hydrogen-bond donors (Lipinski definition) is 0. The van der Waals surface area contributed by atoms with E-state index in [1.807, 2.05) is 36.4 Å². The molecule has 2 aromatic heterocycles. The van der Waals surface area contributed by atoms with Crippen LogP contribution >= 0.6 is 0 Å². The topological polar surface area (TPSA) is 43.6 Å². The van der Waals surface area contributed by atoms with E-state index in [-0.39, 0.29) is 0 Å². The highest BCUT2D eigenvalue weighted by Gasteiger charge is 2.17. The third-order valence-electron chi connectivity index (χ3n) is 6.69. The minimum Gasteiger partial charge on any atom is -0.278 e. The fourth-order valence-corrected chi connectivity index (χ4v) is 4.89. The molecule has 0 saturated heterocycles. The Kier molecular flexibility index (Phi) is 5.07. The Hall–Kier alpha value is -5.09. The Morgan fingerprint density at radius 2 is 0.757 bits per heavy atom. The lowest BCUT2D eigenvalue weighted by atomic mass is 10.0. The third-order valence-corrected chi connectivity index (χ3v) is 6.69. The van der Waals surface area contributed by atoms with Crippen molar-refractivity contribution in [3.63, 3.8) is 0 Å². The summed E-state index contributed by atoms with van der Waals surface area (Å²) in [4.78, 5) is 14.9. The molecule has 2 heterocycles. The van der Waals surface area contributed by atoms with E-state index in [1.54, 1.807) is 0 Å². The Morgan fingerprint density at radius 1 is 0.351 bits per heavy atom. The third kappa shape index (κ3) is 3.76. The van der Waals surface area contributed by atoms with Gasteiger partial charge in [0, 0.05) is 21.9 Å². The van der Waals surface area contributed by atoms with Crippen LogP contribution in [0, 0.1) is 0 Å². The van der Waals surface area contributed by atoms with Gasteiger partial charge in [0.1, 0.15) is 0 Å². The molecule has 174 valence electrons. The van der Waals surface area contributed by atoms with Crippen molar-refractivity contribution < 1.29 is 0 Å². The lowest BCUT2D eigenvalue weighted by Crippen LogP contribution is -2.06. The highest BCUT2D eigenvalue weighted by Crippen LogP contribution is 2.32. The number of nitrogens with zero attached hydrogens (tertiary/aromatic N) is 4. The van der Waals surface area contributed by atoms with Gasteiger partial charge in [-0.05, 0) is 23.3 Å². The van der Waals surface area contributed by atoms with Crippen LogP contribution in [-0.2, 0) is 0 Å². The predicted octanol–water partition coefficient (Wildman–Crippen LogP) is 7.97. The molecule has 0 aliphatic rings. The van der Waals surface area contributed by atoms with Crippen molar-refractivity contribution >= 4 is 21.8 Å². The summed E-state index contributed by atoms with van der Waals surface area (Å²) in [5.74, 6) is 1.90. The fourth-order valence-electron chi connectivity index (χ4n) is 4.89. The van der Waals surface area contributed by atoms with Crippen molar-refractivity contribution in [2.75, 3.05) is 0 Å². The first kappa shape index (κ1) is 21.2. The average Bonchev–Trinajstić information content (AvgIpc) is 3.32. The molecule has 0 amide bonds. The summed E-state index contributed by atoms with van der Waals surface area (Å²) < 4.78 is 2.14. The molecule has 0 N–H and O–H groups in total. The minimum absolute atomic E-state index is 0.605. The van der Waals surface area contributed by atoms with Gasteiger partial charge < -0.3 is 0 Å². The SMILES string of the molecule is c1ccc(-c2ccc(-c3nc(-c4ccccc4)nc(-n4c5ccccc5c5ccccc54)n3)cc2)cc1. The van der Waals surface area contributed by atoms with Crippen LogP contribution in [0.25, 0.3) is 61.7 Å². The summed E-state index contributed by atoms with van der Waals surface area (Å²) in [7, 11) is 0. The fraction of sp³-hybridized carbons (Fsp3) is 0. The van der Waals surface area contributed by atoms with E-state index in [9.17, 15) is 0 Å². The molecule has 0 aliphatic heterocycles.